The van der Waals surface area contributed by atoms with Crippen molar-refractivity contribution in [2.75, 3.05) is 5.32 Å². The third-order valence-corrected chi connectivity index (χ3v) is 2.67. The molecule has 0 aliphatic heterocycles. The van der Waals surface area contributed by atoms with Gasteiger partial charge in [-0.15, -0.1) is 5.10 Å². The third-order valence-electron chi connectivity index (χ3n) is 2.67. The van der Waals surface area contributed by atoms with Crippen molar-refractivity contribution in [3.8, 4) is 0 Å². The number of nitrogens with zero attached hydrogens (tertiary/aromatic N) is 3. The number of hydrogen-bond donors (Lipinski definition) is 1. The highest BCUT2D eigenvalue weighted by atomic mass is 16.1. The first kappa shape index (κ1) is 9.33. The fourth-order valence-electron chi connectivity index (χ4n) is 1.68. The lowest BCUT2D eigenvalue weighted by molar-refractivity contribution is 0.112. The molecule has 1 aliphatic rings. The molecule has 1 saturated carbocycles. The van der Waals surface area contributed by atoms with Crippen LogP contribution in [0.2, 0.25) is 0 Å². The van der Waals surface area contributed by atoms with Crippen molar-refractivity contribution in [3.63, 3.8) is 0 Å². The molecule has 0 unspecified atom stereocenters. The number of carbonyl (C=O) groups excluding carboxylic acids is 1. The van der Waals surface area contributed by atoms with Gasteiger partial charge in [-0.25, -0.2) is 9.50 Å². The Morgan fingerprint density at radius 1 is 1.56 bits per heavy atom. The van der Waals surface area contributed by atoms with Crippen molar-refractivity contribution in [1.29, 1.82) is 0 Å². The molecule has 16 heavy (non-hydrogen) atoms. The Hall–Kier alpha value is -1.91. The summed E-state index contributed by atoms with van der Waals surface area (Å²) in [6.07, 6.45) is 6.73. The molecule has 1 aliphatic carbocycles. The predicted molar refractivity (Wildman–Crippen MR) is 59.8 cm³/mol. The van der Waals surface area contributed by atoms with Gasteiger partial charge in [-0.2, -0.15) is 0 Å². The Balaban J connectivity index is 2.15. The maximum atomic E-state index is 11.1. The summed E-state index contributed by atoms with van der Waals surface area (Å²) in [6, 6.07) is 0.477. The molecule has 1 N–H and O–H groups in total. The van der Waals surface area contributed by atoms with Crippen LogP contribution in [0.3, 0.4) is 0 Å². The van der Waals surface area contributed by atoms with Gasteiger partial charge in [-0.3, -0.25) is 4.79 Å². The summed E-state index contributed by atoms with van der Waals surface area (Å²) in [7, 11) is 0. The molecular weight excluding hydrogens is 204 g/mol. The van der Waals surface area contributed by atoms with Gasteiger partial charge in [0.15, 0.2) is 17.8 Å². The molecule has 0 aromatic carbocycles. The molecule has 0 amide bonds. The van der Waals surface area contributed by atoms with Crippen LogP contribution in [0.5, 0.6) is 0 Å². The molecule has 5 nitrogen and oxygen atoms in total. The lowest BCUT2D eigenvalue weighted by Crippen LogP contribution is -2.03. The molecule has 2 heterocycles. The minimum atomic E-state index is 0.477. The number of aldehydes is 1. The zero-order chi connectivity index (χ0) is 11.1. The molecule has 1 fully saturated rings. The van der Waals surface area contributed by atoms with Gasteiger partial charge in [0.2, 0.25) is 0 Å². The standard InChI is InChI=1S/C11H12N4O/c1-7-4-12-11-9(6-16)10(13-8-2-3-8)14-15(11)5-7/h4-6,8H,2-3H2,1H3,(H,13,14). The van der Waals surface area contributed by atoms with E-state index in [1.165, 1.54) is 0 Å². The maximum absolute atomic E-state index is 11.1. The number of carbonyl (C=O) groups is 1. The maximum Gasteiger partial charge on any atom is 0.167 e. The number of nitrogens with one attached hydrogen (secondary N) is 1. The van der Waals surface area contributed by atoms with E-state index in [2.05, 4.69) is 15.4 Å². The second-order valence-electron chi connectivity index (χ2n) is 4.20. The average Bonchev–Trinajstić information content (AvgIpc) is 2.99. The molecule has 2 aromatic rings. The van der Waals surface area contributed by atoms with Crippen LogP contribution >= 0.6 is 0 Å². The predicted octanol–water partition coefficient (Wildman–Crippen LogP) is 1.42. The quantitative estimate of drug-likeness (QED) is 0.788. The van der Waals surface area contributed by atoms with Crippen LogP contribution < -0.4 is 5.32 Å². The van der Waals surface area contributed by atoms with E-state index in [9.17, 15) is 4.79 Å². The van der Waals surface area contributed by atoms with E-state index in [1.54, 1.807) is 10.7 Å². The van der Waals surface area contributed by atoms with Gasteiger partial charge < -0.3 is 5.32 Å². The van der Waals surface area contributed by atoms with E-state index in [-0.39, 0.29) is 0 Å². The highest BCUT2D eigenvalue weighted by Gasteiger charge is 2.24. The number of aromatic nitrogens is 3. The Morgan fingerprint density at radius 3 is 3.06 bits per heavy atom. The van der Waals surface area contributed by atoms with Gasteiger partial charge in [0.1, 0.15) is 5.56 Å². The zero-order valence-corrected chi connectivity index (χ0v) is 8.97. The Morgan fingerprint density at radius 2 is 2.38 bits per heavy atom. The topological polar surface area (TPSA) is 59.3 Å². The number of hydrogen-bond acceptors (Lipinski definition) is 4. The van der Waals surface area contributed by atoms with Crippen molar-refractivity contribution >= 4 is 17.8 Å². The molecule has 0 atom stereocenters. The molecule has 0 spiro atoms. The molecular formula is C11H12N4O. The van der Waals surface area contributed by atoms with Gasteiger partial charge in [-0.05, 0) is 25.3 Å². The SMILES string of the molecule is Cc1cnc2c(C=O)c(NC3CC3)nn2c1. The molecule has 5 heteroatoms. The van der Waals surface area contributed by atoms with E-state index in [4.69, 9.17) is 0 Å². The Kier molecular flexibility index (Phi) is 1.92. The van der Waals surface area contributed by atoms with Crippen LogP contribution in [-0.4, -0.2) is 26.9 Å². The van der Waals surface area contributed by atoms with Crippen molar-refractivity contribution in [1.82, 2.24) is 14.6 Å². The number of rotatable bonds is 3. The van der Waals surface area contributed by atoms with Gasteiger partial charge >= 0.3 is 0 Å². The molecule has 0 saturated heterocycles. The van der Waals surface area contributed by atoms with Crippen LogP contribution in [0.4, 0.5) is 5.82 Å². The van der Waals surface area contributed by atoms with Crippen molar-refractivity contribution in [2.45, 2.75) is 25.8 Å². The normalized spacial score (nSPS) is 15.3. The van der Waals surface area contributed by atoms with E-state index in [1.807, 2.05) is 13.1 Å². The van der Waals surface area contributed by atoms with Crippen molar-refractivity contribution < 1.29 is 4.79 Å². The summed E-state index contributed by atoms with van der Waals surface area (Å²) < 4.78 is 1.66. The minimum Gasteiger partial charge on any atom is -0.365 e. The average molecular weight is 216 g/mol. The Labute approximate surface area is 92.5 Å². The summed E-state index contributed by atoms with van der Waals surface area (Å²) in [5, 5.41) is 7.58. The number of aryl methyl sites for hydroxylation is 1. The van der Waals surface area contributed by atoms with Crippen molar-refractivity contribution in [3.05, 3.63) is 23.5 Å². The van der Waals surface area contributed by atoms with E-state index in [0.717, 1.165) is 24.7 Å². The summed E-state index contributed by atoms with van der Waals surface area (Å²) in [5.74, 6) is 0.649. The second-order valence-corrected chi connectivity index (χ2v) is 4.20. The monoisotopic (exact) mass is 216 g/mol. The lowest BCUT2D eigenvalue weighted by Gasteiger charge is -1.97. The first-order valence-corrected chi connectivity index (χ1v) is 5.34. The summed E-state index contributed by atoms with van der Waals surface area (Å²) in [4.78, 5) is 15.3. The zero-order valence-electron chi connectivity index (χ0n) is 8.97. The summed E-state index contributed by atoms with van der Waals surface area (Å²) >= 11 is 0. The second kappa shape index (κ2) is 3.30. The molecule has 0 radical (unpaired) electrons. The molecule has 82 valence electrons. The summed E-state index contributed by atoms with van der Waals surface area (Å²) in [6.45, 7) is 1.95. The fraction of sp³-hybridized carbons (Fsp3) is 0.364. The lowest BCUT2D eigenvalue weighted by atomic mass is 10.3. The number of fused-ring (bicyclic) bond motifs is 1. The van der Waals surface area contributed by atoms with Gasteiger partial charge in [0, 0.05) is 18.4 Å². The van der Waals surface area contributed by atoms with Crippen LogP contribution in [0, 0.1) is 6.92 Å². The first-order chi connectivity index (χ1) is 7.78. The molecule has 3 rings (SSSR count). The van der Waals surface area contributed by atoms with E-state index < -0.39 is 0 Å². The smallest absolute Gasteiger partial charge is 0.167 e. The van der Waals surface area contributed by atoms with Gasteiger partial charge in [-0.1, -0.05) is 0 Å². The molecule has 2 aromatic heterocycles. The largest absolute Gasteiger partial charge is 0.365 e. The van der Waals surface area contributed by atoms with E-state index >= 15 is 0 Å². The van der Waals surface area contributed by atoms with Crippen LogP contribution in [0.25, 0.3) is 5.65 Å². The third kappa shape index (κ3) is 1.44. The van der Waals surface area contributed by atoms with E-state index in [0.29, 0.717) is 23.1 Å². The number of anilines is 1. The highest BCUT2D eigenvalue weighted by Crippen LogP contribution is 2.26. The minimum absolute atomic E-state index is 0.477. The van der Waals surface area contributed by atoms with Gasteiger partial charge in [0.25, 0.3) is 0 Å². The fourth-order valence-corrected chi connectivity index (χ4v) is 1.68. The van der Waals surface area contributed by atoms with Crippen LogP contribution in [-0.2, 0) is 0 Å². The first-order valence-electron chi connectivity index (χ1n) is 5.34. The van der Waals surface area contributed by atoms with Gasteiger partial charge in [0.05, 0.1) is 0 Å². The highest BCUT2D eigenvalue weighted by molar-refractivity contribution is 5.91. The Bertz CT molecular complexity index is 556. The van der Waals surface area contributed by atoms with Crippen LogP contribution in [0.1, 0.15) is 28.8 Å². The van der Waals surface area contributed by atoms with Crippen molar-refractivity contribution in [2.24, 2.45) is 0 Å². The summed E-state index contributed by atoms with van der Waals surface area (Å²) in [5.41, 5.74) is 2.18. The van der Waals surface area contributed by atoms with Crippen LogP contribution in [0.15, 0.2) is 12.4 Å². The molecule has 0 bridgehead atoms.